The van der Waals surface area contributed by atoms with Crippen molar-refractivity contribution in [3.63, 3.8) is 0 Å². The molecule has 0 bridgehead atoms. The highest BCUT2D eigenvalue weighted by atomic mass is 35.5. The number of hydrogen-bond donors (Lipinski definition) is 1. The number of aryl methyl sites for hydroxylation is 1. The summed E-state index contributed by atoms with van der Waals surface area (Å²) < 4.78 is 5.34. The van der Waals surface area contributed by atoms with E-state index in [0.29, 0.717) is 16.6 Å². The highest BCUT2D eigenvalue weighted by molar-refractivity contribution is 6.35. The zero-order chi connectivity index (χ0) is 13.8. The Morgan fingerprint density at radius 3 is 2.37 bits per heavy atom. The van der Waals surface area contributed by atoms with Crippen LogP contribution in [0.2, 0.25) is 10.0 Å². The summed E-state index contributed by atoms with van der Waals surface area (Å²) in [6, 6.07) is 11.5. The lowest BCUT2D eigenvalue weighted by atomic mass is 10.1. The second-order valence-corrected chi connectivity index (χ2v) is 5.20. The Hall–Kier alpha value is -1.38. The van der Waals surface area contributed by atoms with Gasteiger partial charge in [-0.2, -0.15) is 0 Å². The van der Waals surface area contributed by atoms with E-state index in [1.54, 1.807) is 13.2 Å². The number of nitrogens with one attached hydrogen (secondary N) is 1. The fourth-order valence-corrected chi connectivity index (χ4v) is 2.42. The van der Waals surface area contributed by atoms with Crippen molar-refractivity contribution in [3.05, 3.63) is 57.6 Å². The second kappa shape index (κ2) is 6.18. The molecule has 0 saturated heterocycles. The van der Waals surface area contributed by atoms with E-state index < -0.39 is 0 Å². The summed E-state index contributed by atoms with van der Waals surface area (Å²) in [6.45, 7) is 2.71. The molecular weight excluding hydrogens is 281 g/mol. The number of anilines is 1. The minimum absolute atomic E-state index is 0.617. The maximum Gasteiger partial charge on any atom is 0.123 e. The first-order valence-electron chi connectivity index (χ1n) is 5.92. The number of benzene rings is 2. The summed E-state index contributed by atoms with van der Waals surface area (Å²) in [5, 5.41) is 4.53. The van der Waals surface area contributed by atoms with E-state index >= 15 is 0 Å². The lowest BCUT2D eigenvalue weighted by Crippen LogP contribution is -2.02. The van der Waals surface area contributed by atoms with Crippen LogP contribution in [0.25, 0.3) is 0 Å². The monoisotopic (exact) mass is 295 g/mol. The smallest absolute Gasteiger partial charge is 0.123 e. The molecule has 1 N–H and O–H groups in total. The molecule has 0 aliphatic rings. The van der Waals surface area contributed by atoms with Crippen molar-refractivity contribution < 1.29 is 4.74 Å². The minimum atomic E-state index is 0.617. The van der Waals surface area contributed by atoms with E-state index in [-0.39, 0.29) is 0 Å². The first-order valence-corrected chi connectivity index (χ1v) is 6.67. The molecule has 0 aromatic heterocycles. The lowest BCUT2D eigenvalue weighted by molar-refractivity contribution is 0.410. The van der Waals surface area contributed by atoms with Crippen LogP contribution in [0.4, 0.5) is 5.69 Å². The second-order valence-electron chi connectivity index (χ2n) is 4.33. The molecule has 0 aliphatic carbocycles. The molecule has 2 aromatic carbocycles. The quantitative estimate of drug-likeness (QED) is 0.864. The van der Waals surface area contributed by atoms with E-state index in [2.05, 4.69) is 18.3 Å². The highest BCUT2D eigenvalue weighted by Crippen LogP contribution is 2.25. The molecular formula is C15H15Cl2NO. The Morgan fingerprint density at radius 2 is 1.74 bits per heavy atom. The lowest BCUT2D eigenvalue weighted by Gasteiger charge is -2.12. The van der Waals surface area contributed by atoms with Gasteiger partial charge in [-0.3, -0.25) is 0 Å². The number of halogens is 2. The first kappa shape index (κ1) is 14.0. The van der Waals surface area contributed by atoms with Crippen molar-refractivity contribution in [2.75, 3.05) is 12.4 Å². The van der Waals surface area contributed by atoms with Crippen LogP contribution in [-0.2, 0) is 6.54 Å². The average molecular weight is 296 g/mol. The highest BCUT2D eigenvalue weighted by Gasteiger charge is 2.04. The van der Waals surface area contributed by atoms with Gasteiger partial charge in [-0.15, -0.1) is 0 Å². The van der Waals surface area contributed by atoms with Gasteiger partial charge in [0.1, 0.15) is 5.75 Å². The third-order valence-corrected chi connectivity index (χ3v) is 3.22. The third kappa shape index (κ3) is 3.79. The van der Waals surface area contributed by atoms with Gasteiger partial charge in [0.25, 0.3) is 0 Å². The zero-order valence-electron chi connectivity index (χ0n) is 10.8. The first-order chi connectivity index (χ1) is 9.08. The Balaban J connectivity index is 2.16. The number of hydrogen-bond acceptors (Lipinski definition) is 2. The van der Waals surface area contributed by atoms with Gasteiger partial charge in [-0.05, 0) is 31.2 Å². The van der Waals surface area contributed by atoms with E-state index in [4.69, 9.17) is 27.9 Å². The van der Waals surface area contributed by atoms with Gasteiger partial charge in [0.15, 0.2) is 0 Å². The fourth-order valence-electron chi connectivity index (χ4n) is 1.90. The van der Waals surface area contributed by atoms with Gasteiger partial charge in [-0.1, -0.05) is 40.9 Å². The minimum Gasteiger partial charge on any atom is -0.496 e. The van der Waals surface area contributed by atoms with Crippen molar-refractivity contribution >= 4 is 28.9 Å². The topological polar surface area (TPSA) is 21.3 Å². The van der Waals surface area contributed by atoms with E-state index in [9.17, 15) is 0 Å². The summed E-state index contributed by atoms with van der Waals surface area (Å²) in [4.78, 5) is 0. The Bertz CT molecular complexity index is 564. The normalized spacial score (nSPS) is 10.3. The van der Waals surface area contributed by atoms with Gasteiger partial charge in [0.05, 0.1) is 7.11 Å². The van der Waals surface area contributed by atoms with Crippen LogP contribution in [0.1, 0.15) is 11.1 Å². The molecule has 0 radical (unpaired) electrons. The maximum absolute atomic E-state index is 5.97. The molecule has 2 aromatic rings. The number of ether oxygens (including phenoxy) is 1. The number of rotatable bonds is 4. The van der Waals surface area contributed by atoms with Crippen LogP contribution in [0.3, 0.4) is 0 Å². The molecule has 2 rings (SSSR count). The zero-order valence-corrected chi connectivity index (χ0v) is 12.3. The van der Waals surface area contributed by atoms with Gasteiger partial charge in [-0.25, -0.2) is 0 Å². The Morgan fingerprint density at radius 1 is 1.05 bits per heavy atom. The molecule has 0 saturated carbocycles. The Kier molecular flexibility index (Phi) is 4.56. The molecule has 0 heterocycles. The molecule has 19 heavy (non-hydrogen) atoms. The summed E-state index contributed by atoms with van der Waals surface area (Å²) in [5.74, 6) is 0.867. The van der Waals surface area contributed by atoms with Gasteiger partial charge in [0, 0.05) is 27.8 Å². The largest absolute Gasteiger partial charge is 0.496 e. The van der Waals surface area contributed by atoms with Crippen LogP contribution in [0.5, 0.6) is 5.75 Å². The van der Waals surface area contributed by atoms with Crippen molar-refractivity contribution in [1.29, 1.82) is 0 Å². The van der Waals surface area contributed by atoms with Crippen molar-refractivity contribution in [2.45, 2.75) is 13.5 Å². The predicted molar refractivity (Wildman–Crippen MR) is 81.5 cm³/mol. The van der Waals surface area contributed by atoms with Crippen LogP contribution < -0.4 is 10.1 Å². The fraction of sp³-hybridized carbons (Fsp3) is 0.200. The molecule has 0 atom stereocenters. The molecule has 0 unspecified atom stereocenters. The average Bonchev–Trinajstić information content (AvgIpc) is 2.35. The van der Waals surface area contributed by atoms with Crippen LogP contribution in [0, 0.1) is 6.92 Å². The molecule has 0 amide bonds. The van der Waals surface area contributed by atoms with Crippen molar-refractivity contribution in [2.24, 2.45) is 0 Å². The SMILES string of the molecule is COc1ccc(C)cc1CNc1cc(Cl)cc(Cl)c1. The molecule has 0 aliphatic heterocycles. The van der Waals surface area contributed by atoms with Crippen LogP contribution in [-0.4, -0.2) is 7.11 Å². The van der Waals surface area contributed by atoms with E-state index in [1.807, 2.05) is 24.3 Å². The summed E-state index contributed by atoms with van der Waals surface area (Å²) in [5.41, 5.74) is 3.18. The third-order valence-electron chi connectivity index (χ3n) is 2.78. The van der Waals surface area contributed by atoms with Crippen molar-refractivity contribution in [3.8, 4) is 5.75 Å². The Labute approximate surface area is 123 Å². The summed E-state index contributed by atoms with van der Waals surface area (Å²) in [6.07, 6.45) is 0. The van der Waals surface area contributed by atoms with Crippen LogP contribution >= 0.6 is 23.2 Å². The van der Waals surface area contributed by atoms with Crippen LogP contribution in [0.15, 0.2) is 36.4 Å². The maximum atomic E-state index is 5.97. The number of methoxy groups -OCH3 is 1. The summed E-state index contributed by atoms with van der Waals surface area (Å²) >= 11 is 11.9. The summed E-state index contributed by atoms with van der Waals surface area (Å²) in [7, 11) is 1.67. The van der Waals surface area contributed by atoms with E-state index in [1.165, 1.54) is 5.56 Å². The van der Waals surface area contributed by atoms with Gasteiger partial charge < -0.3 is 10.1 Å². The standard InChI is InChI=1S/C15H15Cl2NO/c1-10-3-4-15(19-2)11(5-10)9-18-14-7-12(16)6-13(17)8-14/h3-8,18H,9H2,1-2H3. The molecule has 2 nitrogen and oxygen atoms in total. The molecule has 0 spiro atoms. The van der Waals surface area contributed by atoms with Crippen molar-refractivity contribution in [1.82, 2.24) is 0 Å². The molecule has 100 valence electrons. The molecule has 0 fully saturated rings. The van der Waals surface area contributed by atoms with Gasteiger partial charge in [0.2, 0.25) is 0 Å². The predicted octanol–water partition coefficient (Wildman–Crippen LogP) is 4.92. The molecule has 4 heteroatoms. The van der Waals surface area contributed by atoms with E-state index in [0.717, 1.165) is 17.0 Å². The van der Waals surface area contributed by atoms with Gasteiger partial charge >= 0.3 is 0 Å².